The van der Waals surface area contributed by atoms with E-state index in [1.54, 1.807) is 6.07 Å². The van der Waals surface area contributed by atoms with Gasteiger partial charge in [-0.1, -0.05) is 48.5 Å². The molecule has 98 valence electrons. The van der Waals surface area contributed by atoms with Gasteiger partial charge in [-0.3, -0.25) is 5.73 Å². The fourth-order valence-corrected chi connectivity index (χ4v) is 2.85. The minimum Gasteiger partial charge on any atom is -0.456 e. The summed E-state index contributed by atoms with van der Waals surface area (Å²) in [5, 5.41) is 12.8. The van der Waals surface area contributed by atoms with Crippen molar-refractivity contribution in [2.24, 2.45) is 5.73 Å². The van der Waals surface area contributed by atoms with Crippen LogP contribution in [0.1, 0.15) is 11.1 Å². The smallest absolute Gasteiger partial charge is 0.173 e. The lowest BCUT2D eigenvalue weighted by Crippen LogP contribution is -2.40. The minimum absolute atomic E-state index is 0.587. The summed E-state index contributed by atoms with van der Waals surface area (Å²) in [5.74, 6) is 1.20. The summed E-state index contributed by atoms with van der Waals surface area (Å²) in [6.45, 7) is 0. The van der Waals surface area contributed by atoms with Gasteiger partial charge in [-0.15, -0.1) is 0 Å². The van der Waals surface area contributed by atoms with Gasteiger partial charge in [0.15, 0.2) is 5.72 Å². The molecule has 1 aliphatic heterocycles. The van der Waals surface area contributed by atoms with Crippen LogP contribution in [-0.2, 0) is 5.72 Å². The van der Waals surface area contributed by atoms with Gasteiger partial charge in [0.25, 0.3) is 0 Å². The largest absolute Gasteiger partial charge is 0.456 e. The monoisotopic (exact) mass is 263 g/mol. The van der Waals surface area contributed by atoms with Crippen LogP contribution in [0.4, 0.5) is 0 Å². The molecule has 0 fully saturated rings. The van der Waals surface area contributed by atoms with Crippen molar-refractivity contribution in [2.45, 2.75) is 5.72 Å². The van der Waals surface area contributed by atoms with Crippen LogP contribution in [0.5, 0.6) is 11.5 Å². The van der Waals surface area contributed by atoms with E-state index >= 15 is 0 Å². The number of benzene rings is 3. The zero-order chi connectivity index (χ0) is 13.7. The Bertz CT molecular complexity index is 824. The van der Waals surface area contributed by atoms with Crippen LogP contribution in [0.2, 0.25) is 0 Å². The Labute approximate surface area is 116 Å². The average molecular weight is 263 g/mol. The third kappa shape index (κ3) is 1.42. The second-order valence-electron chi connectivity index (χ2n) is 5.02. The molecule has 0 radical (unpaired) electrons. The molecule has 3 heteroatoms. The summed E-state index contributed by atoms with van der Waals surface area (Å²) in [4.78, 5) is 0. The second kappa shape index (κ2) is 3.82. The molecular weight excluding hydrogens is 250 g/mol. The third-order valence-electron chi connectivity index (χ3n) is 3.79. The van der Waals surface area contributed by atoms with Crippen molar-refractivity contribution in [1.82, 2.24) is 0 Å². The molecule has 0 aliphatic carbocycles. The van der Waals surface area contributed by atoms with Crippen molar-refractivity contribution in [3.8, 4) is 11.5 Å². The van der Waals surface area contributed by atoms with Crippen LogP contribution in [0.3, 0.4) is 0 Å². The number of hydrogen-bond acceptors (Lipinski definition) is 3. The molecule has 1 atom stereocenters. The standard InChI is InChI=1S/C17H13NO2/c18-17(19)13-7-3-4-8-14(13)20-15-10-9-11-5-1-2-6-12(11)16(15)17/h1-10,19H,18H2. The predicted molar refractivity (Wildman–Crippen MR) is 77.7 cm³/mol. The van der Waals surface area contributed by atoms with E-state index in [0.29, 0.717) is 22.6 Å². The molecule has 1 unspecified atom stereocenters. The molecule has 3 aromatic rings. The molecule has 0 spiro atoms. The van der Waals surface area contributed by atoms with Crippen LogP contribution in [-0.4, -0.2) is 5.11 Å². The van der Waals surface area contributed by atoms with Gasteiger partial charge in [0.2, 0.25) is 0 Å². The van der Waals surface area contributed by atoms with E-state index in [9.17, 15) is 5.11 Å². The van der Waals surface area contributed by atoms with Crippen molar-refractivity contribution in [1.29, 1.82) is 0 Å². The maximum Gasteiger partial charge on any atom is 0.173 e. The highest BCUT2D eigenvalue weighted by molar-refractivity contribution is 5.90. The lowest BCUT2D eigenvalue weighted by molar-refractivity contribution is 0.0785. The molecular formula is C17H13NO2. The molecule has 0 bridgehead atoms. The molecule has 0 amide bonds. The molecule has 3 aromatic carbocycles. The Morgan fingerprint density at radius 3 is 2.50 bits per heavy atom. The van der Waals surface area contributed by atoms with Crippen LogP contribution < -0.4 is 10.5 Å². The van der Waals surface area contributed by atoms with Gasteiger partial charge in [0.1, 0.15) is 11.5 Å². The first-order valence-corrected chi connectivity index (χ1v) is 6.49. The number of fused-ring (bicyclic) bond motifs is 4. The van der Waals surface area contributed by atoms with E-state index in [4.69, 9.17) is 10.5 Å². The van der Waals surface area contributed by atoms with Crippen molar-refractivity contribution >= 4 is 10.8 Å². The summed E-state index contributed by atoms with van der Waals surface area (Å²) in [5.41, 5.74) is 5.90. The van der Waals surface area contributed by atoms with Gasteiger partial charge in [0.05, 0.1) is 5.56 Å². The Hall–Kier alpha value is -2.36. The number of ether oxygens (including phenoxy) is 1. The molecule has 3 N–H and O–H groups in total. The van der Waals surface area contributed by atoms with E-state index in [2.05, 4.69) is 0 Å². The zero-order valence-electron chi connectivity index (χ0n) is 10.7. The number of aliphatic hydroxyl groups is 1. The van der Waals surface area contributed by atoms with Gasteiger partial charge >= 0.3 is 0 Å². The predicted octanol–water partition coefficient (Wildman–Crippen LogP) is 3.10. The molecule has 4 rings (SSSR count). The first-order valence-electron chi connectivity index (χ1n) is 6.49. The lowest BCUT2D eigenvalue weighted by Gasteiger charge is -2.33. The van der Waals surface area contributed by atoms with Crippen molar-refractivity contribution in [3.05, 3.63) is 71.8 Å². The number of para-hydroxylation sites is 1. The molecule has 1 aliphatic rings. The summed E-state index contributed by atoms with van der Waals surface area (Å²) < 4.78 is 5.88. The van der Waals surface area contributed by atoms with E-state index in [1.807, 2.05) is 54.6 Å². The maximum absolute atomic E-state index is 10.9. The van der Waals surface area contributed by atoms with E-state index < -0.39 is 5.72 Å². The van der Waals surface area contributed by atoms with E-state index in [-0.39, 0.29) is 0 Å². The van der Waals surface area contributed by atoms with E-state index in [1.165, 1.54) is 0 Å². The van der Waals surface area contributed by atoms with Gasteiger partial charge in [-0.05, 0) is 22.9 Å². The Morgan fingerprint density at radius 1 is 0.850 bits per heavy atom. The Kier molecular flexibility index (Phi) is 2.19. The fourth-order valence-electron chi connectivity index (χ4n) is 2.85. The fraction of sp³-hybridized carbons (Fsp3) is 0.0588. The first kappa shape index (κ1) is 11.5. The molecule has 0 aromatic heterocycles. The SMILES string of the molecule is NC1(O)c2ccccc2Oc2ccc3ccccc3c21. The van der Waals surface area contributed by atoms with Crippen LogP contribution in [0.15, 0.2) is 60.7 Å². The maximum atomic E-state index is 10.9. The Balaban J connectivity index is 2.10. The highest BCUT2D eigenvalue weighted by Crippen LogP contribution is 2.46. The highest BCUT2D eigenvalue weighted by Gasteiger charge is 2.38. The van der Waals surface area contributed by atoms with E-state index in [0.717, 1.165) is 10.8 Å². The summed E-state index contributed by atoms with van der Waals surface area (Å²) >= 11 is 0. The van der Waals surface area contributed by atoms with Crippen molar-refractivity contribution in [2.75, 3.05) is 0 Å². The first-order chi connectivity index (χ1) is 9.68. The summed E-state index contributed by atoms with van der Waals surface area (Å²) in [7, 11) is 0. The summed E-state index contributed by atoms with van der Waals surface area (Å²) in [6, 6.07) is 19.0. The van der Waals surface area contributed by atoms with Gasteiger partial charge < -0.3 is 9.84 Å². The molecule has 0 saturated heterocycles. The number of rotatable bonds is 0. The number of hydrogen-bond donors (Lipinski definition) is 2. The van der Waals surface area contributed by atoms with Crippen LogP contribution >= 0.6 is 0 Å². The van der Waals surface area contributed by atoms with Crippen molar-refractivity contribution in [3.63, 3.8) is 0 Å². The van der Waals surface area contributed by atoms with Gasteiger partial charge in [-0.2, -0.15) is 0 Å². The van der Waals surface area contributed by atoms with Gasteiger partial charge in [-0.25, -0.2) is 0 Å². The Morgan fingerprint density at radius 2 is 1.60 bits per heavy atom. The van der Waals surface area contributed by atoms with Gasteiger partial charge in [0, 0.05) is 5.56 Å². The van der Waals surface area contributed by atoms with Crippen molar-refractivity contribution < 1.29 is 9.84 Å². The normalized spacial score (nSPS) is 20.1. The molecule has 20 heavy (non-hydrogen) atoms. The third-order valence-corrected chi connectivity index (χ3v) is 3.79. The zero-order valence-corrected chi connectivity index (χ0v) is 10.7. The topological polar surface area (TPSA) is 55.5 Å². The minimum atomic E-state index is -1.55. The molecule has 3 nitrogen and oxygen atoms in total. The van der Waals surface area contributed by atoms with Crippen LogP contribution in [0.25, 0.3) is 10.8 Å². The highest BCUT2D eigenvalue weighted by atomic mass is 16.5. The lowest BCUT2D eigenvalue weighted by atomic mass is 9.88. The molecule has 1 heterocycles. The average Bonchev–Trinajstić information content (AvgIpc) is 2.46. The quantitative estimate of drug-likeness (QED) is 0.613. The molecule has 0 saturated carbocycles. The van der Waals surface area contributed by atoms with Crippen LogP contribution in [0, 0.1) is 0 Å². The number of nitrogens with two attached hydrogens (primary N) is 1. The summed E-state index contributed by atoms with van der Waals surface area (Å²) in [6.07, 6.45) is 0. The second-order valence-corrected chi connectivity index (χ2v) is 5.02.